The minimum absolute atomic E-state index is 0.0547. The van der Waals surface area contributed by atoms with Gasteiger partial charge in [-0.2, -0.15) is 0 Å². The van der Waals surface area contributed by atoms with Gasteiger partial charge in [0.1, 0.15) is 23.9 Å². The summed E-state index contributed by atoms with van der Waals surface area (Å²) >= 11 is 0. The van der Waals surface area contributed by atoms with Gasteiger partial charge in [0.2, 0.25) is 17.7 Å². The third-order valence-corrected chi connectivity index (χ3v) is 4.74. The van der Waals surface area contributed by atoms with E-state index in [2.05, 4.69) is 16.0 Å². The van der Waals surface area contributed by atoms with Gasteiger partial charge in [-0.15, -0.1) is 0 Å². The number of carboxylic acids is 1. The summed E-state index contributed by atoms with van der Waals surface area (Å²) in [6.45, 7) is 3.30. The van der Waals surface area contributed by atoms with Gasteiger partial charge >= 0.3 is 5.97 Å². The second kappa shape index (κ2) is 13.3. The van der Waals surface area contributed by atoms with Crippen molar-refractivity contribution in [2.45, 2.75) is 63.7 Å². The Kier molecular flexibility index (Phi) is 11.1. The molecule has 11 nitrogen and oxygen atoms in total. The van der Waals surface area contributed by atoms with Crippen molar-refractivity contribution in [3.05, 3.63) is 29.8 Å². The number of unbranched alkanes of at least 4 members (excludes halogenated alkanes) is 1. The molecule has 4 atom stereocenters. The number of nitrogens with one attached hydrogen (secondary N) is 3. The molecule has 0 heterocycles. The largest absolute Gasteiger partial charge is 0.508 e. The Morgan fingerprint density at radius 3 is 2.03 bits per heavy atom. The van der Waals surface area contributed by atoms with Crippen LogP contribution in [0.2, 0.25) is 0 Å². The molecule has 0 spiro atoms. The average molecular weight is 452 g/mol. The Hall–Kier alpha value is -3.18. The van der Waals surface area contributed by atoms with E-state index in [1.165, 1.54) is 26.0 Å². The molecule has 0 aliphatic rings. The quantitative estimate of drug-likeness (QED) is 0.185. The highest BCUT2D eigenvalue weighted by atomic mass is 16.4. The standard InChI is InChI=1S/C21H33N5O6/c1-12(23)18(28)26-17(11-14-6-8-15(27)9-7-14)20(30)24-13(2)19(29)25-16(21(31)32)5-3-4-10-22/h6-9,12-13,16-17,27H,3-5,10-11,22-23H2,1-2H3,(H,24,30)(H,25,29)(H,26,28)(H,31,32)/t12-,13-,16-,17-/m0/s1. The zero-order valence-electron chi connectivity index (χ0n) is 18.3. The Bertz CT molecular complexity index is 783. The van der Waals surface area contributed by atoms with Crippen LogP contribution in [-0.4, -0.2) is 64.6 Å². The van der Waals surface area contributed by atoms with Gasteiger partial charge in [0.25, 0.3) is 0 Å². The van der Waals surface area contributed by atoms with Crippen LogP contribution < -0.4 is 27.4 Å². The molecule has 1 rings (SSSR count). The lowest BCUT2D eigenvalue weighted by Crippen LogP contribution is -2.56. The Balaban J connectivity index is 2.82. The number of phenols is 1. The van der Waals surface area contributed by atoms with Gasteiger partial charge in [0.15, 0.2) is 0 Å². The molecule has 0 aliphatic carbocycles. The lowest BCUT2D eigenvalue weighted by molar-refractivity contribution is -0.142. The first-order valence-corrected chi connectivity index (χ1v) is 10.4. The number of carboxylic acid groups (broad SMARTS) is 1. The highest BCUT2D eigenvalue weighted by molar-refractivity contribution is 5.93. The predicted molar refractivity (Wildman–Crippen MR) is 117 cm³/mol. The first kappa shape index (κ1) is 26.9. The molecule has 11 heteroatoms. The monoisotopic (exact) mass is 451 g/mol. The first-order chi connectivity index (χ1) is 15.0. The summed E-state index contributed by atoms with van der Waals surface area (Å²) in [4.78, 5) is 48.7. The number of carbonyl (C=O) groups excluding carboxylic acids is 3. The predicted octanol–water partition coefficient (Wildman–Crippen LogP) is -1.03. The van der Waals surface area contributed by atoms with E-state index in [1.54, 1.807) is 12.1 Å². The number of amides is 3. The minimum atomic E-state index is -1.18. The van der Waals surface area contributed by atoms with Crippen LogP contribution in [0.5, 0.6) is 5.75 Å². The maximum atomic E-state index is 12.8. The molecule has 178 valence electrons. The molecule has 1 aromatic rings. The molecule has 0 saturated carbocycles. The molecule has 0 saturated heterocycles. The fourth-order valence-corrected chi connectivity index (χ4v) is 2.81. The molecule has 0 radical (unpaired) electrons. The molecular formula is C21H33N5O6. The maximum Gasteiger partial charge on any atom is 0.326 e. The number of nitrogens with two attached hydrogens (primary N) is 2. The number of aliphatic carboxylic acids is 1. The van der Waals surface area contributed by atoms with Crippen LogP contribution in [0.1, 0.15) is 38.7 Å². The summed E-state index contributed by atoms with van der Waals surface area (Å²) in [7, 11) is 0. The number of carbonyl (C=O) groups is 4. The topological polar surface area (TPSA) is 197 Å². The van der Waals surface area contributed by atoms with E-state index >= 15 is 0 Å². The molecule has 0 aliphatic heterocycles. The number of aromatic hydroxyl groups is 1. The van der Waals surface area contributed by atoms with Crippen molar-refractivity contribution in [2.75, 3.05) is 6.54 Å². The average Bonchev–Trinajstić information content (AvgIpc) is 2.73. The first-order valence-electron chi connectivity index (χ1n) is 10.4. The summed E-state index contributed by atoms with van der Waals surface area (Å²) in [5.74, 6) is -2.97. The van der Waals surface area contributed by atoms with Gasteiger partial charge < -0.3 is 37.6 Å². The number of hydrogen-bond donors (Lipinski definition) is 7. The summed E-state index contributed by atoms with van der Waals surface area (Å²) < 4.78 is 0. The van der Waals surface area contributed by atoms with Crippen molar-refractivity contribution < 1.29 is 29.4 Å². The van der Waals surface area contributed by atoms with Crippen LogP contribution in [0.25, 0.3) is 0 Å². The van der Waals surface area contributed by atoms with Crippen molar-refractivity contribution in [3.63, 3.8) is 0 Å². The van der Waals surface area contributed by atoms with Crippen LogP contribution >= 0.6 is 0 Å². The number of hydrogen-bond acceptors (Lipinski definition) is 7. The van der Waals surface area contributed by atoms with Crippen molar-refractivity contribution in [1.82, 2.24) is 16.0 Å². The van der Waals surface area contributed by atoms with E-state index in [0.29, 0.717) is 24.9 Å². The lowest BCUT2D eigenvalue weighted by Gasteiger charge is -2.23. The van der Waals surface area contributed by atoms with Gasteiger partial charge in [-0.05, 0) is 57.4 Å². The minimum Gasteiger partial charge on any atom is -0.508 e. The van der Waals surface area contributed by atoms with Crippen LogP contribution in [0.3, 0.4) is 0 Å². The second-order valence-electron chi connectivity index (χ2n) is 7.63. The molecule has 32 heavy (non-hydrogen) atoms. The van der Waals surface area contributed by atoms with Crippen LogP contribution in [0.4, 0.5) is 0 Å². The van der Waals surface area contributed by atoms with Crippen LogP contribution in [0.15, 0.2) is 24.3 Å². The lowest BCUT2D eigenvalue weighted by atomic mass is 10.0. The molecule has 1 aromatic carbocycles. The van der Waals surface area contributed by atoms with Crippen molar-refractivity contribution >= 4 is 23.7 Å². The van der Waals surface area contributed by atoms with E-state index in [9.17, 15) is 29.4 Å². The van der Waals surface area contributed by atoms with Crippen molar-refractivity contribution in [1.29, 1.82) is 0 Å². The molecule has 0 bridgehead atoms. The summed E-state index contributed by atoms with van der Waals surface area (Å²) in [5, 5.41) is 26.2. The number of benzene rings is 1. The third-order valence-electron chi connectivity index (χ3n) is 4.74. The van der Waals surface area contributed by atoms with E-state index in [0.717, 1.165) is 0 Å². The highest BCUT2D eigenvalue weighted by Crippen LogP contribution is 2.12. The molecule has 9 N–H and O–H groups in total. The normalized spacial score (nSPS) is 14.5. The maximum absolute atomic E-state index is 12.8. The Morgan fingerprint density at radius 1 is 0.906 bits per heavy atom. The SMILES string of the molecule is C[C@H](N)C(=O)N[C@@H](Cc1ccc(O)cc1)C(=O)N[C@@H](C)C(=O)N[C@@H](CCCCN)C(=O)O. The second-order valence-corrected chi connectivity index (χ2v) is 7.63. The smallest absolute Gasteiger partial charge is 0.326 e. The fourth-order valence-electron chi connectivity index (χ4n) is 2.81. The Morgan fingerprint density at radius 2 is 1.50 bits per heavy atom. The molecule has 0 aromatic heterocycles. The van der Waals surface area contributed by atoms with E-state index in [1.807, 2.05) is 0 Å². The van der Waals surface area contributed by atoms with Gasteiger partial charge in [0.05, 0.1) is 6.04 Å². The number of phenolic OH excluding ortho intramolecular Hbond substituents is 1. The molecule has 3 amide bonds. The fraction of sp³-hybridized carbons (Fsp3) is 0.524. The van der Waals surface area contributed by atoms with Gasteiger partial charge in [-0.25, -0.2) is 4.79 Å². The van der Waals surface area contributed by atoms with E-state index < -0.39 is 47.9 Å². The summed E-state index contributed by atoms with van der Waals surface area (Å²) in [6, 6.07) is 2.07. The third kappa shape index (κ3) is 9.31. The van der Waals surface area contributed by atoms with E-state index in [4.69, 9.17) is 11.5 Å². The van der Waals surface area contributed by atoms with Crippen LogP contribution in [-0.2, 0) is 25.6 Å². The van der Waals surface area contributed by atoms with Gasteiger partial charge in [-0.1, -0.05) is 12.1 Å². The molecular weight excluding hydrogens is 418 g/mol. The molecule has 0 unspecified atom stereocenters. The molecule has 0 fully saturated rings. The van der Waals surface area contributed by atoms with Crippen molar-refractivity contribution in [2.24, 2.45) is 11.5 Å². The zero-order valence-corrected chi connectivity index (χ0v) is 18.3. The number of rotatable bonds is 13. The summed E-state index contributed by atoms with van der Waals surface area (Å²) in [6.07, 6.45) is 1.47. The van der Waals surface area contributed by atoms with Crippen molar-refractivity contribution in [3.8, 4) is 5.75 Å². The highest BCUT2D eigenvalue weighted by Gasteiger charge is 2.27. The van der Waals surface area contributed by atoms with Gasteiger partial charge in [-0.3, -0.25) is 14.4 Å². The summed E-state index contributed by atoms with van der Waals surface area (Å²) in [5.41, 5.74) is 11.6. The zero-order chi connectivity index (χ0) is 24.3. The van der Waals surface area contributed by atoms with E-state index in [-0.39, 0.29) is 18.6 Å². The van der Waals surface area contributed by atoms with Crippen LogP contribution in [0, 0.1) is 0 Å². The Labute approximate surface area is 186 Å². The van der Waals surface area contributed by atoms with Gasteiger partial charge in [0, 0.05) is 6.42 Å².